The van der Waals surface area contributed by atoms with Crippen molar-refractivity contribution in [3.63, 3.8) is 0 Å². The van der Waals surface area contributed by atoms with Crippen LogP contribution in [0.1, 0.15) is 51.4 Å². The van der Waals surface area contributed by atoms with Gasteiger partial charge >= 0.3 is 0 Å². The van der Waals surface area contributed by atoms with Crippen LogP contribution in [-0.4, -0.2) is 67.9 Å². The van der Waals surface area contributed by atoms with Crippen molar-refractivity contribution >= 4 is 11.7 Å². The lowest BCUT2D eigenvalue weighted by molar-refractivity contribution is -0.134. The molecule has 132 valence electrons. The van der Waals surface area contributed by atoms with Gasteiger partial charge in [0.2, 0.25) is 5.91 Å². The van der Waals surface area contributed by atoms with Crippen molar-refractivity contribution in [1.29, 1.82) is 0 Å². The molecule has 1 aliphatic carbocycles. The number of amides is 1. The first-order chi connectivity index (χ1) is 11.1. The molecule has 1 aliphatic heterocycles. The first kappa shape index (κ1) is 18.4. The van der Waals surface area contributed by atoms with Crippen LogP contribution < -0.4 is 0 Å². The minimum absolute atomic E-state index is 0.208. The predicted molar refractivity (Wildman–Crippen MR) is 90.3 cm³/mol. The second kappa shape index (κ2) is 9.38. The van der Waals surface area contributed by atoms with E-state index in [1.165, 1.54) is 0 Å². The summed E-state index contributed by atoms with van der Waals surface area (Å²) in [6.07, 6.45) is 7.19. The van der Waals surface area contributed by atoms with Crippen molar-refractivity contribution in [3.8, 4) is 0 Å². The summed E-state index contributed by atoms with van der Waals surface area (Å²) in [7, 11) is 4.14. The van der Waals surface area contributed by atoms with Gasteiger partial charge in [0.15, 0.2) is 0 Å². The maximum Gasteiger partial charge on any atom is 0.222 e. The monoisotopic (exact) mass is 324 g/mol. The van der Waals surface area contributed by atoms with Crippen molar-refractivity contribution in [2.24, 2.45) is 5.92 Å². The lowest BCUT2D eigenvalue weighted by atomic mass is 10.1. The van der Waals surface area contributed by atoms with Crippen molar-refractivity contribution < 1.29 is 14.3 Å². The molecule has 0 aromatic rings. The largest absolute Gasteiger partial charge is 0.378 e. The fraction of sp³-hybridized carbons (Fsp3) is 0.889. The molecule has 0 aromatic heterocycles. The third kappa shape index (κ3) is 7.00. The topological polar surface area (TPSA) is 49.9 Å². The Labute approximate surface area is 140 Å². The minimum Gasteiger partial charge on any atom is -0.378 e. The van der Waals surface area contributed by atoms with Crippen molar-refractivity contribution in [2.45, 2.75) is 57.5 Å². The third-order valence-electron chi connectivity index (χ3n) is 4.74. The van der Waals surface area contributed by atoms with Gasteiger partial charge in [-0.05, 0) is 59.2 Å². The molecular formula is C18H32N2O3. The number of ketones is 1. The van der Waals surface area contributed by atoms with Crippen LogP contribution in [0, 0.1) is 5.92 Å². The van der Waals surface area contributed by atoms with E-state index in [0.717, 1.165) is 64.8 Å². The van der Waals surface area contributed by atoms with Crippen LogP contribution in [0.2, 0.25) is 0 Å². The summed E-state index contributed by atoms with van der Waals surface area (Å²) in [5, 5.41) is 0. The Kier molecular flexibility index (Phi) is 7.50. The van der Waals surface area contributed by atoms with Gasteiger partial charge in [0.25, 0.3) is 0 Å². The van der Waals surface area contributed by atoms with Gasteiger partial charge in [-0.3, -0.25) is 9.59 Å². The normalized spacial score (nSPS) is 19.3. The minimum atomic E-state index is 0.208. The molecule has 2 aliphatic rings. The number of nitrogens with zero attached hydrogens (tertiary/aromatic N) is 2. The number of Topliss-reactive ketones (excluding diaryl/α,β-unsaturated/α-hetero) is 1. The Bertz CT molecular complexity index is 386. The van der Waals surface area contributed by atoms with E-state index < -0.39 is 0 Å². The molecule has 1 saturated heterocycles. The molecule has 0 radical (unpaired) electrons. The molecule has 0 unspecified atom stereocenters. The van der Waals surface area contributed by atoms with Crippen molar-refractivity contribution in [3.05, 3.63) is 0 Å². The Morgan fingerprint density at radius 2 is 1.74 bits per heavy atom. The number of hydrogen-bond donors (Lipinski definition) is 0. The van der Waals surface area contributed by atoms with Crippen LogP contribution in [0.3, 0.4) is 0 Å². The van der Waals surface area contributed by atoms with E-state index in [1.54, 1.807) is 0 Å². The average molecular weight is 324 g/mol. The maximum atomic E-state index is 12.2. The third-order valence-corrected chi connectivity index (χ3v) is 4.74. The molecule has 1 saturated carbocycles. The van der Waals surface area contributed by atoms with Gasteiger partial charge in [-0.25, -0.2) is 0 Å². The molecule has 5 heteroatoms. The first-order valence-corrected chi connectivity index (χ1v) is 9.13. The standard InChI is InChI=1S/C18H32N2O3/c1-19(2)11-4-14-23-16-9-12-20(13-10-16)18(22)6-3-5-17(21)15-7-8-15/h15-16H,3-14H2,1-2H3. The second-order valence-corrected chi connectivity index (χ2v) is 7.20. The highest BCUT2D eigenvalue weighted by molar-refractivity contribution is 5.84. The zero-order chi connectivity index (χ0) is 16.7. The zero-order valence-electron chi connectivity index (χ0n) is 14.8. The van der Waals surface area contributed by atoms with E-state index in [0.29, 0.717) is 30.6 Å². The summed E-state index contributed by atoms with van der Waals surface area (Å²) in [6.45, 7) is 3.46. The number of carbonyl (C=O) groups is 2. The van der Waals surface area contributed by atoms with E-state index in [4.69, 9.17) is 4.74 Å². The van der Waals surface area contributed by atoms with Crippen molar-refractivity contribution in [1.82, 2.24) is 9.80 Å². The summed E-state index contributed by atoms with van der Waals surface area (Å²) < 4.78 is 5.90. The highest BCUT2D eigenvalue weighted by atomic mass is 16.5. The van der Waals surface area contributed by atoms with E-state index >= 15 is 0 Å². The van der Waals surface area contributed by atoms with Gasteiger partial charge in [0.05, 0.1) is 6.10 Å². The van der Waals surface area contributed by atoms with Gasteiger partial charge in [0.1, 0.15) is 5.78 Å². The van der Waals surface area contributed by atoms with Gasteiger partial charge in [-0.1, -0.05) is 0 Å². The lowest BCUT2D eigenvalue weighted by Crippen LogP contribution is -2.41. The quantitative estimate of drug-likeness (QED) is 0.578. The average Bonchev–Trinajstić information content (AvgIpc) is 3.36. The Balaban J connectivity index is 1.52. The summed E-state index contributed by atoms with van der Waals surface area (Å²) in [4.78, 5) is 27.9. The van der Waals surface area contributed by atoms with Crippen molar-refractivity contribution in [2.75, 3.05) is 40.3 Å². The Morgan fingerprint density at radius 1 is 1.04 bits per heavy atom. The molecule has 0 atom stereocenters. The number of likely N-dealkylation sites (tertiary alicyclic amines) is 1. The van der Waals surface area contributed by atoms with E-state index in [9.17, 15) is 9.59 Å². The van der Waals surface area contributed by atoms with E-state index in [-0.39, 0.29) is 5.91 Å². The highest BCUT2D eigenvalue weighted by Crippen LogP contribution is 2.31. The molecule has 1 heterocycles. The summed E-state index contributed by atoms with van der Waals surface area (Å²) in [5.41, 5.74) is 0. The molecule has 0 bridgehead atoms. The van der Waals surface area contributed by atoms with Gasteiger partial charge in [-0.2, -0.15) is 0 Å². The van der Waals surface area contributed by atoms with Crippen LogP contribution in [0.5, 0.6) is 0 Å². The van der Waals surface area contributed by atoms with Gasteiger partial charge < -0.3 is 14.5 Å². The Hall–Kier alpha value is -0.940. The number of ether oxygens (including phenoxy) is 1. The fourth-order valence-corrected chi connectivity index (χ4v) is 3.08. The molecule has 5 nitrogen and oxygen atoms in total. The zero-order valence-corrected chi connectivity index (χ0v) is 14.8. The van der Waals surface area contributed by atoms with Crippen LogP contribution in [0.25, 0.3) is 0 Å². The van der Waals surface area contributed by atoms with Gasteiger partial charge in [-0.15, -0.1) is 0 Å². The molecule has 0 aromatic carbocycles. The molecule has 1 amide bonds. The molecule has 2 rings (SSSR count). The fourth-order valence-electron chi connectivity index (χ4n) is 3.08. The lowest BCUT2D eigenvalue weighted by Gasteiger charge is -2.32. The van der Waals surface area contributed by atoms with Gasteiger partial charge in [0, 0.05) is 38.5 Å². The summed E-state index contributed by atoms with van der Waals surface area (Å²) in [5.74, 6) is 0.896. The number of rotatable bonds is 10. The van der Waals surface area contributed by atoms with Crippen LogP contribution in [-0.2, 0) is 14.3 Å². The molecule has 23 heavy (non-hydrogen) atoms. The van der Waals surface area contributed by atoms with Crippen LogP contribution >= 0.6 is 0 Å². The second-order valence-electron chi connectivity index (χ2n) is 7.20. The molecular weight excluding hydrogens is 292 g/mol. The number of hydrogen-bond acceptors (Lipinski definition) is 4. The molecule has 2 fully saturated rings. The van der Waals surface area contributed by atoms with E-state index in [2.05, 4.69) is 19.0 Å². The molecule has 0 spiro atoms. The number of piperidine rings is 1. The SMILES string of the molecule is CN(C)CCCOC1CCN(C(=O)CCCC(=O)C2CC2)CC1. The predicted octanol–water partition coefficient (Wildman–Crippen LogP) is 2.10. The number of carbonyl (C=O) groups excluding carboxylic acids is 2. The van der Waals surface area contributed by atoms with E-state index in [1.807, 2.05) is 4.90 Å². The molecule has 0 N–H and O–H groups in total. The smallest absolute Gasteiger partial charge is 0.222 e. The van der Waals surface area contributed by atoms with Crippen LogP contribution in [0.15, 0.2) is 0 Å². The summed E-state index contributed by atoms with van der Waals surface area (Å²) >= 11 is 0. The maximum absolute atomic E-state index is 12.2. The van der Waals surface area contributed by atoms with Crippen LogP contribution in [0.4, 0.5) is 0 Å². The summed E-state index contributed by atoms with van der Waals surface area (Å²) in [6, 6.07) is 0. The highest BCUT2D eigenvalue weighted by Gasteiger charge is 2.29. The Morgan fingerprint density at radius 3 is 2.35 bits per heavy atom. The first-order valence-electron chi connectivity index (χ1n) is 9.13.